The molecule has 1 nitrogen and oxygen atoms in total. The summed E-state index contributed by atoms with van der Waals surface area (Å²) in [5.74, 6) is 0.902. The maximum atomic E-state index is 5.03. The van der Waals surface area contributed by atoms with Crippen LogP contribution in [-0.4, -0.2) is 7.11 Å². The van der Waals surface area contributed by atoms with Crippen molar-refractivity contribution < 1.29 is 4.74 Å². The van der Waals surface area contributed by atoms with E-state index in [1.807, 2.05) is 24.3 Å². The van der Waals surface area contributed by atoms with E-state index in [4.69, 9.17) is 4.74 Å². The number of methoxy groups -OCH3 is 1. The van der Waals surface area contributed by atoms with Crippen LogP contribution in [0.5, 0.6) is 5.75 Å². The highest BCUT2D eigenvalue weighted by molar-refractivity contribution is 5.67. The average Bonchev–Trinajstić information content (AvgIpc) is 1.92. The standard InChI is InChI=1S/C9H7O/c1-10-9-5-4-7-2-3-8(7)6-9/h2,4-6H,1H3. The lowest BCUT2D eigenvalue weighted by Gasteiger charge is -2.09. The molecule has 1 aromatic carbocycles. The van der Waals surface area contributed by atoms with Gasteiger partial charge in [0.25, 0.3) is 0 Å². The van der Waals surface area contributed by atoms with E-state index in [9.17, 15) is 0 Å². The second-order valence-corrected chi connectivity index (χ2v) is 2.24. The Hall–Kier alpha value is -1.24. The topological polar surface area (TPSA) is 9.23 Å². The highest BCUT2D eigenvalue weighted by Crippen LogP contribution is 2.24. The first-order valence-corrected chi connectivity index (χ1v) is 3.18. The van der Waals surface area contributed by atoms with Gasteiger partial charge in [-0.15, -0.1) is 0 Å². The molecule has 1 aromatic rings. The number of rotatable bonds is 1. The molecule has 0 N–H and O–H groups in total. The van der Waals surface area contributed by atoms with Crippen LogP contribution in [-0.2, 0) is 0 Å². The molecule has 10 heavy (non-hydrogen) atoms. The molecule has 0 heterocycles. The lowest BCUT2D eigenvalue weighted by atomic mass is 9.98. The first kappa shape index (κ1) is 5.54. The second kappa shape index (κ2) is 1.87. The van der Waals surface area contributed by atoms with Gasteiger partial charge in [0.05, 0.1) is 7.11 Å². The van der Waals surface area contributed by atoms with Gasteiger partial charge in [-0.3, -0.25) is 0 Å². The monoisotopic (exact) mass is 131 g/mol. The number of benzene rings is 1. The molecule has 0 spiro atoms. The summed E-state index contributed by atoms with van der Waals surface area (Å²) in [7, 11) is 1.67. The van der Waals surface area contributed by atoms with Gasteiger partial charge in [-0.25, -0.2) is 0 Å². The molecule has 1 heteroatoms. The van der Waals surface area contributed by atoms with Gasteiger partial charge in [-0.2, -0.15) is 0 Å². The zero-order valence-electron chi connectivity index (χ0n) is 5.72. The molecule has 0 amide bonds. The fraction of sp³-hybridized carbons (Fsp3) is 0.111. The fourth-order valence-electron chi connectivity index (χ4n) is 0.991. The van der Waals surface area contributed by atoms with E-state index in [2.05, 4.69) is 6.08 Å². The Labute approximate surface area is 59.9 Å². The van der Waals surface area contributed by atoms with E-state index in [1.54, 1.807) is 7.11 Å². The van der Waals surface area contributed by atoms with Crippen molar-refractivity contribution in [3.05, 3.63) is 35.4 Å². The van der Waals surface area contributed by atoms with Gasteiger partial charge < -0.3 is 4.74 Å². The van der Waals surface area contributed by atoms with Gasteiger partial charge in [0.15, 0.2) is 0 Å². The van der Waals surface area contributed by atoms with Crippen molar-refractivity contribution >= 4 is 6.08 Å². The molecule has 0 atom stereocenters. The molecule has 0 aliphatic heterocycles. The van der Waals surface area contributed by atoms with Gasteiger partial charge in [0.2, 0.25) is 0 Å². The highest BCUT2D eigenvalue weighted by Gasteiger charge is 2.05. The molecule has 0 saturated carbocycles. The number of hydrogen-bond acceptors (Lipinski definition) is 1. The van der Waals surface area contributed by atoms with E-state index < -0.39 is 0 Å². The molecule has 0 fully saturated rings. The third kappa shape index (κ3) is 0.637. The van der Waals surface area contributed by atoms with Crippen molar-refractivity contribution in [3.63, 3.8) is 0 Å². The molecular formula is C9H7O. The summed E-state index contributed by atoms with van der Waals surface area (Å²) in [6, 6.07) is 5.97. The minimum atomic E-state index is 0.902. The summed E-state index contributed by atoms with van der Waals surface area (Å²) >= 11 is 0. The van der Waals surface area contributed by atoms with Gasteiger partial charge in [0.1, 0.15) is 5.75 Å². The first-order chi connectivity index (χ1) is 4.90. The smallest absolute Gasteiger partial charge is 0.119 e. The third-order valence-electron chi connectivity index (χ3n) is 1.64. The fourth-order valence-corrected chi connectivity index (χ4v) is 0.991. The van der Waals surface area contributed by atoms with Crippen LogP contribution in [0.2, 0.25) is 0 Å². The average molecular weight is 131 g/mol. The Morgan fingerprint density at radius 2 is 2.30 bits per heavy atom. The van der Waals surface area contributed by atoms with E-state index in [-0.39, 0.29) is 0 Å². The Kier molecular flexibility index (Phi) is 1.04. The van der Waals surface area contributed by atoms with Gasteiger partial charge in [-0.05, 0) is 35.4 Å². The maximum absolute atomic E-state index is 5.03. The van der Waals surface area contributed by atoms with E-state index in [0.29, 0.717) is 0 Å². The predicted molar refractivity (Wildman–Crippen MR) is 39.8 cm³/mol. The van der Waals surface area contributed by atoms with Crippen molar-refractivity contribution in [1.82, 2.24) is 0 Å². The first-order valence-electron chi connectivity index (χ1n) is 3.18. The van der Waals surface area contributed by atoms with Crippen LogP contribution >= 0.6 is 0 Å². The maximum Gasteiger partial charge on any atom is 0.119 e. The molecule has 0 saturated heterocycles. The van der Waals surface area contributed by atoms with Gasteiger partial charge in [-0.1, -0.05) is 6.07 Å². The van der Waals surface area contributed by atoms with Crippen LogP contribution in [0.3, 0.4) is 0 Å². The SMILES string of the molecule is COc1ccc2c(c1)[C]=C2. The summed E-state index contributed by atoms with van der Waals surface area (Å²) in [4.78, 5) is 0. The van der Waals surface area contributed by atoms with Crippen LogP contribution in [0.1, 0.15) is 11.1 Å². The lowest BCUT2D eigenvalue weighted by molar-refractivity contribution is 0.414. The van der Waals surface area contributed by atoms with Crippen molar-refractivity contribution in [2.45, 2.75) is 0 Å². The van der Waals surface area contributed by atoms with Crippen LogP contribution in [0.4, 0.5) is 0 Å². The van der Waals surface area contributed by atoms with Crippen LogP contribution in [0.25, 0.3) is 6.08 Å². The molecule has 1 aliphatic carbocycles. The molecule has 0 aromatic heterocycles. The van der Waals surface area contributed by atoms with Crippen LogP contribution in [0.15, 0.2) is 18.2 Å². The van der Waals surface area contributed by atoms with Crippen molar-refractivity contribution in [1.29, 1.82) is 0 Å². The van der Waals surface area contributed by atoms with Crippen molar-refractivity contribution in [2.24, 2.45) is 0 Å². The highest BCUT2D eigenvalue weighted by atomic mass is 16.5. The van der Waals surface area contributed by atoms with E-state index >= 15 is 0 Å². The van der Waals surface area contributed by atoms with E-state index in [1.165, 1.54) is 5.56 Å². The molecule has 2 rings (SSSR count). The summed E-state index contributed by atoms with van der Waals surface area (Å²) in [6.07, 6.45) is 5.03. The number of ether oxygens (including phenoxy) is 1. The summed E-state index contributed by atoms with van der Waals surface area (Å²) < 4.78 is 5.03. The molecule has 1 aliphatic rings. The normalized spacial score (nSPS) is 12.1. The van der Waals surface area contributed by atoms with Crippen molar-refractivity contribution in [3.8, 4) is 5.75 Å². The predicted octanol–water partition coefficient (Wildman–Crippen LogP) is 1.87. The minimum Gasteiger partial charge on any atom is -0.497 e. The Balaban J connectivity index is 2.46. The van der Waals surface area contributed by atoms with E-state index in [0.717, 1.165) is 11.3 Å². The Morgan fingerprint density at radius 1 is 1.40 bits per heavy atom. The second-order valence-electron chi connectivity index (χ2n) is 2.24. The summed E-state index contributed by atoms with van der Waals surface area (Å²) in [5, 5.41) is 0. The minimum absolute atomic E-state index is 0.902. The Morgan fingerprint density at radius 3 is 2.80 bits per heavy atom. The van der Waals surface area contributed by atoms with Crippen LogP contribution < -0.4 is 4.74 Å². The quantitative estimate of drug-likeness (QED) is 0.574. The zero-order chi connectivity index (χ0) is 6.97. The third-order valence-corrected chi connectivity index (χ3v) is 1.64. The molecule has 0 unspecified atom stereocenters. The molecular weight excluding hydrogens is 124 g/mol. The van der Waals surface area contributed by atoms with Crippen LogP contribution in [0, 0.1) is 6.08 Å². The number of fused-ring (bicyclic) bond motifs is 1. The Bertz CT molecular complexity index is 287. The summed E-state index contributed by atoms with van der Waals surface area (Å²) in [5.41, 5.74) is 2.40. The molecule has 0 bridgehead atoms. The molecule has 1 radical (unpaired) electrons. The molecule has 49 valence electrons. The lowest BCUT2D eigenvalue weighted by Crippen LogP contribution is -1.92. The van der Waals surface area contributed by atoms with Gasteiger partial charge >= 0.3 is 0 Å². The summed E-state index contributed by atoms with van der Waals surface area (Å²) in [6.45, 7) is 0. The van der Waals surface area contributed by atoms with Crippen molar-refractivity contribution in [2.75, 3.05) is 7.11 Å². The van der Waals surface area contributed by atoms with Gasteiger partial charge in [0, 0.05) is 0 Å². The number of hydrogen-bond donors (Lipinski definition) is 0. The zero-order valence-corrected chi connectivity index (χ0v) is 5.72. The largest absolute Gasteiger partial charge is 0.497 e.